The first kappa shape index (κ1) is 19.6. The van der Waals surface area contributed by atoms with E-state index in [0.717, 1.165) is 0 Å². The first-order valence-electron chi connectivity index (χ1n) is 6.62. The third kappa shape index (κ3) is 8.74. The van der Waals surface area contributed by atoms with Crippen LogP contribution >= 0.6 is 0 Å². The van der Waals surface area contributed by atoms with Gasteiger partial charge in [-0.1, -0.05) is 0 Å². The molecule has 0 aliphatic carbocycles. The second-order valence-corrected chi connectivity index (χ2v) is 4.48. The highest BCUT2D eigenvalue weighted by Gasteiger charge is 2.26. The quantitative estimate of drug-likeness (QED) is 0.317. The van der Waals surface area contributed by atoms with E-state index >= 15 is 0 Å². The number of amides is 1. The van der Waals surface area contributed by atoms with Crippen LogP contribution in [0, 0.1) is 0 Å². The van der Waals surface area contributed by atoms with E-state index in [0.29, 0.717) is 19.4 Å². The molecule has 0 heterocycles. The number of aliphatic carboxylic acids is 3. The SMILES string of the molecule is NCCCCC(OC(=O)NC(CCC(=O)O)C(=O)O)C(=O)O. The van der Waals surface area contributed by atoms with Gasteiger partial charge in [0.05, 0.1) is 0 Å². The highest BCUT2D eigenvalue weighted by Crippen LogP contribution is 2.06. The number of carbonyl (C=O) groups excluding carboxylic acids is 1. The minimum atomic E-state index is -1.47. The number of hydrogen-bond donors (Lipinski definition) is 5. The highest BCUT2D eigenvalue weighted by atomic mass is 16.6. The minimum Gasteiger partial charge on any atom is -0.481 e. The van der Waals surface area contributed by atoms with Crippen LogP contribution in [-0.4, -0.2) is 58.0 Å². The van der Waals surface area contributed by atoms with Gasteiger partial charge >= 0.3 is 24.0 Å². The zero-order valence-electron chi connectivity index (χ0n) is 11.9. The lowest BCUT2D eigenvalue weighted by Gasteiger charge is -2.17. The largest absolute Gasteiger partial charge is 0.481 e. The first-order chi connectivity index (χ1) is 10.3. The van der Waals surface area contributed by atoms with E-state index in [9.17, 15) is 19.2 Å². The number of rotatable bonds is 11. The van der Waals surface area contributed by atoms with Gasteiger partial charge in [-0.15, -0.1) is 0 Å². The van der Waals surface area contributed by atoms with Gasteiger partial charge in [0, 0.05) is 6.42 Å². The summed E-state index contributed by atoms with van der Waals surface area (Å²) in [6, 6.07) is -1.47. The number of unbranched alkanes of at least 4 members (excludes halogenated alkanes) is 1. The Hall–Kier alpha value is -2.36. The number of carbonyl (C=O) groups is 4. The molecule has 0 aliphatic rings. The Morgan fingerprint density at radius 1 is 1.00 bits per heavy atom. The summed E-state index contributed by atoms with van der Waals surface area (Å²) >= 11 is 0. The van der Waals surface area contributed by atoms with Gasteiger partial charge in [0.1, 0.15) is 6.04 Å². The number of ether oxygens (including phenoxy) is 1. The van der Waals surface area contributed by atoms with Crippen molar-refractivity contribution in [1.29, 1.82) is 0 Å². The van der Waals surface area contributed by atoms with Gasteiger partial charge in [-0.25, -0.2) is 14.4 Å². The fourth-order valence-corrected chi connectivity index (χ4v) is 1.54. The zero-order valence-corrected chi connectivity index (χ0v) is 11.9. The molecule has 1 amide bonds. The Morgan fingerprint density at radius 3 is 2.09 bits per heavy atom. The van der Waals surface area contributed by atoms with E-state index in [-0.39, 0.29) is 12.8 Å². The van der Waals surface area contributed by atoms with Crippen molar-refractivity contribution in [3.63, 3.8) is 0 Å². The van der Waals surface area contributed by atoms with E-state index in [1.807, 2.05) is 5.32 Å². The van der Waals surface area contributed by atoms with Crippen LogP contribution in [0.25, 0.3) is 0 Å². The second-order valence-electron chi connectivity index (χ2n) is 4.48. The molecule has 0 saturated heterocycles. The van der Waals surface area contributed by atoms with Gasteiger partial charge in [-0.2, -0.15) is 0 Å². The zero-order chi connectivity index (χ0) is 17.1. The molecular formula is C12H20N2O8. The maximum atomic E-state index is 11.5. The molecule has 0 radical (unpaired) electrons. The Kier molecular flexibility index (Phi) is 9.27. The van der Waals surface area contributed by atoms with Crippen molar-refractivity contribution in [2.24, 2.45) is 5.73 Å². The molecule has 0 bridgehead atoms. The van der Waals surface area contributed by atoms with Crippen LogP contribution in [0.2, 0.25) is 0 Å². The van der Waals surface area contributed by atoms with Gasteiger partial charge in [-0.3, -0.25) is 4.79 Å². The lowest BCUT2D eigenvalue weighted by molar-refractivity contribution is -0.147. The minimum absolute atomic E-state index is 0.0484. The van der Waals surface area contributed by atoms with Crippen LogP contribution in [0.5, 0.6) is 0 Å². The average Bonchev–Trinajstić information content (AvgIpc) is 2.41. The number of hydrogen-bond acceptors (Lipinski definition) is 6. The molecule has 0 aromatic rings. The summed E-state index contributed by atoms with van der Waals surface area (Å²) in [5, 5.41) is 28.2. The standard InChI is InChI=1S/C12H20N2O8/c13-6-2-1-3-8(11(19)20)22-12(21)14-7(10(17)18)4-5-9(15)16/h7-8H,1-6,13H2,(H,14,21)(H,15,16)(H,17,18)(H,19,20). The van der Waals surface area contributed by atoms with Crippen molar-refractivity contribution < 1.29 is 39.2 Å². The Morgan fingerprint density at radius 2 is 1.64 bits per heavy atom. The fourth-order valence-electron chi connectivity index (χ4n) is 1.54. The fraction of sp³-hybridized carbons (Fsp3) is 0.667. The molecule has 0 aromatic heterocycles. The number of carboxylic acid groups (broad SMARTS) is 3. The maximum absolute atomic E-state index is 11.5. The van der Waals surface area contributed by atoms with Crippen molar-refractivity contribution >= 4 is 24.0 Å². The molecule has 10 nitrogen and oxygen atoms in total. The van der Waals surface area contributed by atoms with Gasteiger partial charge in [-0.05, 0) is 32.2 Å². The van der Waals surface area contributed by atoms with Crippen molar-refractivity contribution in [2.45, 2.75) is 44.2 Å². The van der Waals surface area contributed by atoms with Gasteiger partial charge in [0.15, 0.2) is 0 Å². The van der Waals surface area contributed by atoms with Crippen LogP contribution in [-0.2, 0) is 19.1 Å². The van der Waals surface area contributed by atoms with Crippen molar-refractivity contribution in [2.75, 3.05) is 6.54 Å². The summed E-state index contributed by atoms with van der Waals surface area (Å²) in [5.41, 5.74) is 5.27. The molecule has 0 saturated carbocycles. The molecule has 0 aliphatic heterocycles. The molecular weight excluding hydrogens is 300 g/mol. The Labute approximate surface area is 126 Å². The number of carboxylic acids is 3. The van der Waals surface area contributed by atoms with Crippen LogP contribution in [0.4, 0.5) is 4.79 Å². The topological polar surface area (TPSA) is 176 Å². The molecule has 0 aromatic carbocycles. The molecule has 126 valence electrons. The van der Waals surface area contributed by atoms with Crippen LogP contribution in [0.15, 0.2) is 0 Å². The molecule has 6 N–H and O–H groups in total. The first-order valence-corrected chi connectivity index (χ1v) is 6.62. The van der Waals surface area contributed by atoms with Crippen LogP contribution in [0.1, 0.15) is 32.1 Å². The average molecular weight is 320 g/mol. The van der Waals surface area contributed by atoms with E-state index in [1.54, 1.807) is 0 Å². The number of nitrogens with two attached hydrogens (primary N) is 1. The van der Waals surface area contributed by atoms with Crippen molar-refractivity contribution in [3.8, 4) is 0 Å². The summed E-state index contributed by atoms with van der Waals surface area (Å²) < 4.78 is 4.64. The van der Waals surface area contributed by atoms with E-state index in [4.69, 9.17) is 21.1 Å². The van der Waals surface area contributed by atoms with E-state index < -0.39 is 42.6 Å². The third-order valence-electron chi connectivity index (χ3n) is 2.68. The third-order valence-corrected chi connectivity index (χ3v) is 2.68. The summed E-state index contributed by atoms with van der Waals surface area (Å²) in [4.78, 5) is 43.7. The normalized spacial score (nSPS) is 13.0. The maximum Gasteiger partial charge on any atom is 0.408 e. The molecule has 10 heteroatoms. The van der Waals surface area contributed by atoms with Crippen LogP contribution < -0.4 is 11.1 Å². The summed E-state index contributed by atoms with van der Waals surface area (Å²) in [7, 11) is 0. The predicted molar refractivity (Wildman–Crippen MR) is 72.2 cm³/mol. The Bertz CT molecular complexity index is 412. The van der Waals surface area contributed by atoms with E-state index in [1.165, 1.54) is 0 Å². The summed E-state index contributed by atoms with van der Waals surface area (Å²) in [6.45, 7) is 0.370. The summed E-state index contributed by atoms with van der Waals surface area (Å²) in [6.07, 6.45) is -2.40. The van der Waals surface area contributed by atoms with Crippen molar-refractivity contribution in [1.82, 2.24) is 5.32 Å². The number of alkyl carbamates (subject to hydrolysis) is 1. The van der Waals surface area contributed by atoms with Crippen molar-refractivity contribution in [3.05, 3.63) is 0 Å². The molecule has 22 heavy (non-hydrogen) atoms. The monoisotopic (exact) mass is 320 g/mol. The molecule has 2 unspecified atom stereocenters. The molecule has 0 spiro atoms. The molecule has 0 fully saturated rings. The smallest absolute Gasteiger partial charge is 0.408 e. The number of nitrogens with one attached hydrogen (secondary N) is 1. The lowest BCUT2D eigenvalue weighted by atomic mass is 10.1. The van der Waals surface area contributed by atoms with Gasteiger partial charge in [0.25, 0.3) is 0 Å². The molecule has 2 atom stereocenters. The molecule has 0 rings (SSSR count). The van der Waals surface area contributed by atoms with Gasteiger partial charge in [0.2, 0.25) is 6.10 Å². The lowest BCUT2D eigenvalue weighted by Crippen LogP contribution is -2.43. The van der Waals surface area contributed by atoms with Crippen LogP contribution in [0.3, 0.4) is 0 Å². The summed E-state index contributed by atoms with van der Waals surface area (Å²) in [5.74, 6) is -4.01. The predicted octanol–water partition coefficient (Wildman–Crippen LogP) is -0.387. The second kappa shape index (κ2) is 10.4. The Balaban J connectivity index is 4.47. The van der Waals surface area contributed by atoms with E-state index in [2.05, 4.69) is 4.74 Å². The highest BCUT2D eigenvalue weighted by molar-refractivity contribution is 5.82. The van der Waals surface area contributed by atoms with Gasteiger partial charge < -0.3 is 31.1 Å².